The number of aromatic nitrogens is 1. The van der Waals surface area contributed by atoms with Crippen LogP contribution in [0.5, 0.6) is 5.88 Å². The van der Waals surface area contributed by atoms with Gasteiger partial charge in [0.15, 0.2) is 0 Å². The molecule has 1 N–H and O–H groups in total. The van der Waals surface area contributed by atoms with Crippen molar-refractivity contribution in [2.75, 3.05) is 19.7 Å². The summed E-state index contributed by atoms with van der Waals surface area (Å²) in [4.78, 5) is 14.2. The average Bonchev–Trinajstić information content (AvgIpc) is 2.45. The number of nitro groups is 1. The van der Waals surface area contributed by atoms with Gasteiger partial charge in [-0.25, -0.2) is 4.98 Å². The first kappa shape index (κ1) is 16.7. The van der Waals surface area contributed by atoms with Gasteiger partial charge in [-0.1, -0.05) is 0 Å². The van der Waals surface area contributed by atoms with Crippen LogP contribution in [0, 0.1) is 16.0 Å². The summed E-state index contributed by atoms with van der Waals surface area (Å²) in [6.07, 6.45) is 5.96. The second-order valence-corrected chi connectivity index (χ2v) is 4.77. The molecule has 0 aliphatic carbocycles. The first-order chi connectivity index (χ1) is 9.27. The molecule has 112 valence electrons. The van der Waals surface area contributed by atoms with Gasteiger partial charge >= 0.3 is 5.69 Å². The zero-order chi connectivity index (χ0) is 13.5. The molecule has 7 heteroatoms. The Kier molecular flexibility index (Phi) is 7.25. The molecule has 1 aliphatic rings. The van der Waals surface area contributed by atoms with E-state index in [9.17, 15) is 10.1 Å². The van der Waals surface area contributed by atoms with Crippen LogP contribution >= 0.6 is 12.4 Å². The van der Waals surface area contributed by atoms with Gasteiger partial charge in [0.05, 0.1) is 11.5 Å². The zero-order valence-electron chi connectivity index (χ0n) is 11.3. The Morgan fingerprint density at radius 3 is 2.90 bits per heavy atom. The highest BCUT2D eigenvalue weighted by atomic mass is 35.5. The fraction of sp³-hybridized carbons (Fsp3) is 0.615. The maximum atomic E-state index is 10.8. The van der Waals surface area contributed by atoms with E-state index in [1.165, 1.54) is 25.1 Å². The summed E-state index contributed by atoms with van der Waals surface area (Å²) >= 11 is 0. The minimum atomic E-state index is -0.463. The van der Waals surface area contributed by atoms with E-state index < -0.39 is 4.92 Å². The number of nitrogens with one attached hydrogen (secondary N) is 1. The van der Waals surface area contributed by atoms with E-state index in [0.29, 0.717) is 6.61 Å². The van der Waals surface area contributed by atoms with Crippen LogP contribution < -0.4 is 10.1 Å². The van der Waals surface area contributed by atoms with Gasteiger partial charge in [0.25, 0.3) is 5.88 Å². The Morgan fingerprint density at radius 1 is 1.45 bits per heavy atom. The maximum Gasteiger partial charge on any atom is 0.330 e. The molecule has 20 heavy (non-hydrogen) atoms. The lowest BCUT2D eigenvalue weighted by Gasteiger charge is -2.22. The van der Waals surface area contributed by atoms with Gasteiger partial charge in [-0.15, -0.1) is 12.4 Å². The molecule has 0 saturated carbocycles. The monoisotopic (exact) mass is 301 g/mol. The molecule has 0 atom stereocenters. The number of rotatable bonds is 6. The molecule has 0 bridgehead atoms. The molecule has 1 aromatic rings. The third-order valence-corrected chi connectivity index (χ3v) is 3.40. The van der Waals surface area contributed by atoms with Crippen molar-refractivity contribution in [2.24, 2.45) is 5.92 Å². The van der Waals surface area contributed by atoms with Crippen molar-refractivity contribution >= 4 is 18.1 Å². The van der Waals surface area contributed by atoms with Gasteiger partial charge in [-0.05, 0) is 50.8 Å². The van der Waals surface area contributed by atoms with Crippen molar-refractivity contribution in [1.29, 1.82) is 0 Å². The van der Waals surface area contributed by atoms with Crippen molar-refractivity contribution in [3.8, 4) is 5.88 Å². The quantitative estimate of drug-likeness (QED) is 0.496. The molecular weight excluding hydrogens is 282 g/mol. The summed E-state index contributed by atoms with van der Waals surface area (Å²) in [5, 5.41) is 14.1. The van der Waals surface area contributed by atoms with Gasteiger partial charge < -0.3 is 10.1 Å². The topological polar surface area (TPSA) is 77.3 Å². The van der Waals surface area contributed by atoms with Crippen LogP contribution in [0.3, 0.4) is 0 Å². The lowest BCUT2D eigenvalue weighted by atomic mass is 9.93. The van der Waals surface area contributed by atoms with Gasteiger partial charge in [-0.3, -0.25) is 10.1 Å². The highest BCUT2D eigenvalue weighted by Gasteiger charge is 2.16. The molecule has 1 aromatic heterocycles. The van der Waals surface area contributed by atoms with E-state index in [-0.39, 0.29) is 24.0 Å². The van der Waals surface area contributed by atoms with Crippen molar-refractivity contribution in [3.05, 3.63) is 28.4 Å². The fourth-order valence-corrected chi connectivity index (χ4v) is 2.34. The van der Waals surface area contributed by atoms with Crippen LogP contribution in [0.4, 0.5) is 5.69 Å². The molecule has 0 amide bonds. The van der Waals surface area contributed by atoms with E-state index >= 15 is 0 Å². The van der Waals surface area contributed by atoms with Crippen LogP contribution in [0.1, 0.15) is 25.7 Å². The summed E-state index contributed by atoms with van der Waals surface area (Å²) in [6.45, 7) is 2.68. The van der Waals surface area contributed by atoms with Crippen LogP contribution in [-0.4, -0.2) is 29.6 Å². The molecule has 1 fully saturated rings. The first-order valence-corrected chi connectivity index (χ1v) is 6.70. The average molecular weight is 302 g/mol. The minimum absolute atomic E-state index is 0. The molecule has 2 rings (SSSR count). The highest BCUT2D eigenvalue weighted by molar-refractivity contribution is 5.85. The standard InChI is InChI=1S/C13H19N3O3.ClH/c17-16(18)12-4-1-7-15-13(12)19-10-2-3-11-5-8-14-9-6-11;/h1,4,7,11,14H,2-3,5-6,8-10H2;1H. The smallest absolute Gasteiger partial charge is 0.330 e. The summed E-state index contributed by atoms with van der Waals surface area (Å²) in [7, 11) is 0. The Balaban J connectivity index is 0.00000200. The molecular formula is C13H20ClN3O3. The van der Waals surface area contributed by atoms with E-state index in [1.54, 1.807) is 6.07 Å². The summed E-state index contributed by atoms with van der Waals surface area (Å²) in [6, 6.07) is 2.95. The number of hydrogen-bond donors (Lipinski definition) is 1. The van der Waals surface area contributed by atoms with E-state index in [2.05, 4.69) is 10.3 Å². The summed E-state index contributed by atoms with van der Waals surface area (Å²) in [5.74, 6) is 0.876. The molecule has 0 aromatic carbocycles. The Morgan fingerprint density at radius 2 is 2.20 bits per heavy atom. The van der Waals surface area contributed by atoms with Crippen molar-refractivity contribution < 1.29 is 9.66 Å². The van der Waals surface area contributed by atoms with Gasteiger partial charge in [-0.2, -0.15) is 0 Å². The zero-order valence-corrected chi connectivity index (χ0v) is 12.1. The van der Waals surface area contributed by atoms with Gasteiger partial charge in [0.1, 0.15) is 0 Å². The van der Waals surface area contributed by atoms with Crippen molar-refractivity contribution in [3.63, 3.8) is 0 Å². The second kappa shape index (κ2) is 8.71. The van der Waals surface area contributed by atoms with Gasteiger partial charge in [0, 0.05) is 12.3 Å². The predicted octanol–water partition coefficient (Wildman–Crippen LogP) is 2.57. The minimum Gasteiger partial charge on any atom is -0.473 e. The van der Waals surface area contributed by atoms with Crippen LogP contribution in [-0.2, 0) is 0 Å². The number of hydrogen-bond acceptors (Lipinski definition) is 5. The second-order valence-electron chi connectivity index (χ2n) is 4.77. The molecule has 0 spiro atoms. The fourth-order valence-electron chi connectivity index (χ4n) is 2.34. The van der Waals surface area contributed by atoms with E-state index in [4.69, 9.17) is 4.74 Å². The normalized spacial score (nSPS) is 15.4. The van der Waals surface area contributed by atoms with Crippen LogP contribution in [0.15, 0.2) is 18.3 Å². The van der Waals surface area contributed by atoms with Crippen LogP contribution in [0.25, 0.3) is 0 Å². The Bertz CT molecular complexity index is 425. The van der Waals surface area contributed by atoms with Crippen molar-refractivity contribution in [1.82, 2.24) is 10.3 Å². The number of ether oxygens (including phenoxy) is 1. The van der Waals surface area contributed by atoms with Gasteiger partial charge in [0.2, 0.25) is 0 Å². The highest BCUT2D eigenvalue weighted by Crippen LogP contribution is 2.23. The molecule has 0 unspecified atom stereocenters. The number of piperidine rings is 1. The molecule has 1 aliphatic heterocycles. The van der Waals surface area contributed by atoms with E-state index in [0.717, 1.165) is 31.8 Å². The van der Waals surface area contributed by atoms with E-state index in [1.807, 2.05) is 0 Å². The SMILES string of the molecule is Cl.O=[N+]([O-])c1cccnc1OCCCC1CCNCC1. The number of pyridine rings is 1. The summed E-state index contributed by atoms with van der Waals surface area (Å²) in [5.41, 5.74) is -0.0654. The summed E-state index contributed by atoms with van der Waals surface area (Å²) < 4.78 is 5.42. The number of halogens is 1. The largest absolute Gasteiger partial charge is 0.473 e. The lowest BCUT2D eigenvalue weighted by molar-refractivity contribution is -0.386. The lowest BCUT2D eigenvalue weighted by Crippen LogP contribution is -2.27. The molecule has 2 heterocycles. The number of nitrogens with zero attached hydrogens (tertiary/aromatic N) is 2. The third-order valence-electron chi connectivity index (χ3n) is 3.40. The van der Waals surface area contributed by atoms with Crippen LogP contribution in [0.2, 0.25) is 0 Å². The maximum absolute atomic E-state index is 10.8. The first-order valence-electron chi connectivity index (χ1n) is 6.70. The predicted molar refractivity (Wildman–Crippen MR) is 78.5 cm³/mol. The third kappa shape index (κ3) is 4.94. The Labute approximate surface area is 124 Å². The Hall–Kier alpha value is -1.40. The molecule has 1 saturated heterocycles. The molecule has 6 nitrogen and oxygen atoms in total. The molecule has 0 radical (unpaired) electrons. The van der Waals surface area contributed by atoms with Crippen molar-refractivity contribution in [2.45, 2.75) is 25.7 Å².